The molecule has 90 valence electrons. The third-order valence-corrected chi connectivity index (χ3v) is 2.95. The molecule has 3 N–H and O–H groups in total. The van der Waals surface area contributed by atoms with E-state index >= 15 is 0 Å². The van der Waals surface area contributed by atoms with Gasteiger partial charge in [-0.3, -0.25) is 0 Å². The molecular formula is C13H9ClFN3. The van der Waals surface area contributed by atoms with E-state index in [1.165, 1.54) is 12.1 Å². The van der Waals surface area contributed by atoms with Crippen LogP contribution in [0.15, 0.2) is 36.4 Å². The zero-order chi connectivity index (χ0) is 12.7. The summed E-state index contributed by atoms with van der Waals surface area (Å²) in [6.45, 7) is 0. The Morgan fingerprint density at radius 1 is 1.17 bits per heavy atom. The fraction of sp³-hybridized carbons (Fsp3) is 0. The van der Waals surface area contributed by atoms with Crippen LogP contribution in [0.25, 0.3) is 22.4 Å². The fourth-order valence-corrected chi connectivity index (χ4v) is 1.97. The molecule has 3 aromatic rings. The van der Waals surface area contributed by atoms with E-state index in [-0.39, 0.29) is 5.69 Å². The van der Waals surface area contributed by atoms with Gasteiger partial charge in [0.2, 0.25) is 0 Å². The summed E-state index contributed by atoms with van der Waals surface area (Å²) in [5.41, 5.74) is 7.81. The van der Waals surface area contributed by atoms with Crippen molar-refractivity contribution in [2.75, 3.05) is 5.73 Å². The predicted octanol–water partition coefficient (Wildman–Crippen LogP) is 3.60. The smallest absolute Gasteiger partial charge is 0.146 e. The van der Waals surface area contributed by atoms with E-state index < -0.39 is 5.82 Å². The van der Waals surface area contributed by atoms with Gasteiger partial charge in [-0.15, -0.1) is 0 Å². The summed E-state index contributed by atoms with van der Waals surface area (Å²) in [7, 11) is 0. The number of aromatic nitrogens is 2. The van der Waals surface area contributed by atoms with Crippen LogP contribution >= 0.6 is 11.6 Å². The van der Waals surface area contributed by atoms with Crippen molar-refractivity contribution >= 4 is 28.3 Å². The van der Waals surface area contributed by atoms with E-state index in [1.54, 1.807) is 18.2 Å². The maximum atomic E-state index is 13.4. The van der Waals surface area contributed by atoms with Crippen molar-refractivity contribution < 1.29 is 4.39 Å². The number of nitrogen functional groups attached to an aromatic ring is 1. The van der Waals surface area contributed by atoms with Crippen molar-refractivity contribution in [1.29, 1.82) is 0 Å². The number of fused-ring (bicyclic) bond motifs is 1. The normalized spacial score (nSPS) is 11.0. The lowest BCUT2D eigenvalue weighted by Gasteiger charge is -1.99. The molecule has 0 saturated heterocycles. The Morgan fingerprint density at radius 3 is 2.78 bits per heavy atom. The predicted molar refractivity (Wildman–Crippen MR) is 70.9 cm³/mol. The van der Waals surface area contributed by atoms with E-state index in [0.717, 1.165) is 11.0 Å². The van der Waals surface area contributed by atoms with Crippen molar-refractivity contribution in [2.45, 2.75) is 0 Å². The Bertz CT molecular complexity index is 736. The molecule has 0 amide bonds. The SMILES string of the molecule is Nc1ccc(-c2nc3ccc(Cl)cc3[nH]2)cc1F. The number of imidazole rings is 1. The van der Waals surface area contributed by atoms with E-state index in [1.807, 2.05) is 6.07 Å². The van der Waals surface area contributed by atoms with Gasteiger partial charge in [0.05, 0.1) is 16.7 Å². The lowest BCUT2D eigenvalue weighted by Crippen LogP contribution is -1.91. The van der Waals surface area contributed by atoms with E-state index in [0.29, 0.717) is 16.4 Å². The van der Waals surface area contributed by atoms with Crippen LogP contribution in [0.4, 0.5) is 10.1 Å². The highest BCUT2D eigenvalue weighted by Crippen LogP contribution is 2.24. The van der Waals surface area contributed by atoms with Gasteiger partial charge in [0, 0.05) is 10.6 Å². The summed E-state index contributed by atoms with van der Waals surface area (Å²) in [6, 6.07) is 9.95. The highest BCUT2D eigenvalue weighted by molar-refractivity contribution is 6.31. The largest absolute Gasteiger partial charge is 0.396 e. The molecule has 3 rings (SSSR count). The van der Waals surface area contributed by atoms with Crippen LogP contribution in [0.5, 0.6) is 0 Å². The van der Waals surface area contributed by atoms with E-state index in [2.05, 4.69) is 9.97 Å². The molecule has 0 atom stereocenters. The number of halogens is 2. The maximum absolute atomic E-state index is 13.4. The second-order valence-electron chi connectivity index (χ2n) is 3.98. The van der Waals surface area contributed by atoms with E-state index in [9.17, 15) is 4.39 Å². The molecule has 0 unspecified atom stereocenters. The van der Waals surface area contributed by atoms with Crippen LogP contribution in [-0.4, -0.2) is 9.97 Å². The highest BCUT2D eigenvalue weighted by atomic mass is 35.5. The minimum Gasteiger partial charge on any atom is -0.396 e. The maximum Gasteiger partial charge on any atom is 0.146 e. The van der Waals surface area contributed by atoms with Crippen LogP contribution < -0.4 is 5.73 Å². The van der Waals surface area contributed by atoms with Gasteiger partial charge in [0.15, 0.2) is 0 Å². The molecule has 3 nitrogen and oxygen atoms in total. The molecule has 18 heavy (non-hydrogen) atoms. The highest BCUT2D eigenvalue weighted by Gasteiger charge is 2.07. The fourth-order valence-electron chi connectivity index (χ4n) is 1.79. The number of aromatic amines is 1. The molecule has 1 heterocycles. The molecule has 0 bridgehead atoms. The van der Waals surface area contributed by atoms with Gasteiger partial charge in [-0.25, -0.2) is 9.37 Å². The Labute approximate surface area is 107 Å². The summed E-state index contributed by atoms with van der Waals surface area (Å²) in [4.78, 5) is 7.47. The molecule has 0 aliphatic rings. The number of hydrogen-bond donors (Lipinski definition) is 2. The number of rotatable bonds is 1. The Morgan fingerprint density at radius 2 is 2.00 bits per heavy atom. The van der Waals surface area contributed by atoms with Crippen molar-refractivity contribution in [3.05, 3.63) is 47.2 Å². The first kappa shape index (κ1) is 11.0. The Kier molecular flexibility index (Phi) is 2.45. The van der Waals surface area contributed by atoms with Crippen molar-refractivity contribution in [1.82, 2.24) is 9.97 Å². The second kappa shape index (κ2) is 3.99. The number of H-pyrrole nitrogens is 1. The average Bonchev–Trinajstić information content (AvgIpc) is 2.75. The first-order valence-electron chi connectivity index (χ1n) is 5.34. The number of hydrogen-bond acceptors (Lipinski definition) is 2. The average molecular weight is 262 g/mol. The lowest BCUT2D eigenvalue weighted by atomic mass is 10.2. The number of nitrogens with zero attached hydrogens (tertiary/aromatic N) is 1. The Hall–Kier alpha value is -2.07. The van der Waals surface area contributed by atoms with Gasteiger partial charge in [-0.1, -0.05) is 11.6 Å². The van der Waals surface area contributed by atoms with Crippen LogP contribution in [0.2, 0.25) is 5.02 Å². The number of nitrogens with one attached hydrogen (secondary N) is 1. The summed E-state index contributed by atoms with van der Waals surface area (Å²) >= 11 is 5.90. The first-order valence-corrected chi connectivity index (χ1v) is 5.72. The summed E-state index contributed by atoms with van der Waals surface area (Å²) in [5, 5.41) is 0.626. The van der Waals surface area contributed by atoms with Gasteiger partial charge in [-0.2, -0.15) is 0 Å². The van der Waals surface area contributed by atoms with Crippen molar-refractivity contribution in [3.63, 3.8) is 0 Å². The molecule has 1 aromatic heterocycles. The van der Waals surface area contributed by atoms with E-state index in [4.69, 9.17) is 17.3 Å². The van der Waals surface area contributed by atoms with Crippen LogP contribution in [0.3, 0.4) is 0 Å². The molecule has 2 aromatic carbocycles. The van der Waals surface area contributed by atoms with Gasteiger partial charge >= 0.3 is 0 Å². The third kappa shape index (κ3) is 1.80. The lowest BCUT2D eigenvalue weighted by molar-refractivity contribution is 0.633. The van der Waals surface area contributed by atoms with Gasteiger partial charge in [0.1, 0.15) is 11.6 Å². The molecule has 0 aliphatic carbocycles. The first-order chi connectivity index (χ1) is 8.63. The monoisotopic (exact) mass is 261 g/mol. The Balaban J connectivity index is 2.16. The third-order valence-electron chi connectivity index (χ3n) is 2.72. The molecule has 5 heteroatoms. The van der Waals surface area contributed by atoms with Crippen molar-refractivity contribution in [2.24, 2.45) is 0 Å². The van der Waals surface area contributed by atoms with Crippen LogP contribution in [-0.2, 0) is 0 Å². The quantitative estimate of drug-likeness (QED) is 0.658. The molecule has 0 fully saturated rings. The minimum atomic E-state index is -0.453. The minimum absolute atomic E-state index is 0.123. The zero-order valence-electron chi connectivity index (χ0n) is 9.24. The molecular weight excluding hydrogens is 253 g/mol. The topological polar surface area (TPSA) is 54.7 Å². The summed E-state index contributed by atoms with van der Waals surface area (Å²) < 4.78 is 13.4. The van der Waals surface area contributed by atoms with Gasteiger partial charge < -0.3 is 10.7 Å². The van der Waals surface area contributed by atoms with Gasteiger partial charge in [-0.05, 0) is 36.4 Å². The van der Waals surface area contributed by atoms with Crippen LogP contribution in [0, 0.1) is 5.82 Å². The zero-order valence-corrected chi connectivity index (χ0v) is 10.0. The summed E-state index contributed by atoms with van der Waals surface area (Å²) in [6.07, 6.45) is 0. The summed E-state index contributed by atoms with van der Waals surface area (Å²) in [5.74, 6) is 0.136. The molecule has 0 saturated carbocycles. The number of benzene rings is 2. The molecule has 0 aliphatic heterocycles. The molecule has 0 radical (unpaired) electrons. The van der Waals surface area contributed by atoms with Crippen LogP contribution in [0.1, 0.15) is 0 Å². The second-order valence-corrected chi connectivity index (χ2v) is 4.42. The van der Waals surface area contributed by atoms with Crippen molar-refractivity contribution in [3.8, 4) is 11.4 Å². The number of anilines is 1. The van der Waals surface area contributed by atoms with Gasteiger partial charge in [0.25, 0.3) is 0 Å². The molecule has 0 spiro atoms. The standard InChI is InChI=1S/C13H9ClFN3/c14-8-2-4-11-12(6-8)18-13(17-11)7-1-3-10(16)9(15)5-7/h1-6H,16H2,(H,17,18). The number of nitrogens with two attached hydrogens (primary N) is 1.